The first-order chi connectivity index (χ1) is 12.9. The Kier molecular flexibility index (Phi) is 10.5. The van der Waals surface area contributed by atoms with Crippen LogP contribution < -0.4 is 10.6 Å². The fraction of sp³-hybridized carbons (Fsp3) is 0.579. The summed E-state index contributed by atoms with van der Waals surface area (Å²) in [5.41, 5.74) is 0. The van der Waals surface area contributed by atoms with E-state index in [-0.39, 0.29) is 24.8 Å². The van der Waals surface area contributed by atoms with Gasteiger partial charge in [0.1, 0.15) is 5.82 Å². The molecule has 0 saturated heterocycles. The Balaban J connectivity index is 2.32. The Bertz CT molecular complexity index is 595. The maximum atomic E-state index is 12.4. The normalized spacial score (nSPS) is 11.5. The van der Waals surface area contributed by atoms with Gasteiger partial charge in [-0.25, -0.2) is 4.98 Å². The van der Waals surface area contributed by atoms with Gasteiger partial charge >= 0.3 is 5.97 Å². The molecule has 2 amide bonds. The molecule has 0 aliphatic carbocycles. The van der Waals surface area contributed by atoms with Crippen molar-refractivity contribution in [1.82, 2.24) is 15.2 Å². The van der Waals surface area contributed by atoms with Crippen molar-refractivity contribution in [2.45, 2.75) is 52.0 Å². The summed E-state index contributed by atoms with van der Waals surface area (Å²) in [7, 11) is 0. The molecule has 150 valence electrons. The van der Waals surface area contributed by atoms with Crippen LogP contribution in [-0.4, -0.2) is 58.5 Å². The third-order valence-electron chi connectivity index (χ3n) is 3.86. The molecule has 8 nitrogen and oxygen atoms in total. The van der Waals surface area contributed by atoms with Gasteiger partial charge in [0.25, 0.3) is 0 Å². The SMILES string of the molecule is CCCN(CC(=O)N[C@@H](C)CC(=O)O)C(=O)CCCCNc1ccccn1. The van der Waals surface area contributed by atoms with E-state index in [0.29, 0.717) is 13.0 Å². The summed E-state index contributed by atoms with van der Waals surface area (Å²) in [6.07, 6.45) is 4.25. The van der Waals surface area contributed by atoms with Crippen molar-refractivity contribution in [3.05, 3.63) is 24.4 Å². The highest BCUT2D eigenvalue weighted by atomic mass is 16.4. The number of nitrogens with one attached hydrogen (secondary N) is 2. The number of rotatable bonds is 13. The third kappa shape index (κ3) is 10.2. The van der Waals surface area contributed by atoms with Gasteiger partial charge in [-0.2, -0.15) is 0 Å². The number of unbranched alkanes of at least 4 members (excludes halogenated alkanes) is 1. The Morgan fingerprint density at radius 3 is 2.67 bits per heavy atom. The molecule has 0 saturated carbocycles. The average molecular weight is 378 g/mol. The topological polar surface area (TPSA) is 112 Å². The molecule has 1 heterocycles. The largest absolute Gasteiger partial charge is 0.481 e. The lowest BCUT2D eigenvalue weighted by Gasteiger charge is -2.22. The quantitative estimate of drug-likeness (QED) is 0.452. The second-order valence-electron chi connectivity index (χ2n) is 6.48. The van der Waals surface area contributed by atoms with Crippen molar-refractivity contribution >= 4 is 23.6 Å². The van der Waals surface area contributed by atoms with Gasteiger partial charge in [0, 0.05) is 31.7 Å². The predicted octanol–water partition coefficient (Wildman–Crippen LogP) is 1.88. The first-order valence-electron chi connectivity index (χ1n) is 9.36. The van der Waals surface area contributed by atoms with Crippen molar-refractivity contribution in [3.8, 4) is 0 Å². The van der Waals surface area contributed by atoms with Crippen LogP contribution >= 0.6 is 0 Å². The second-order valence-corrected chi connectivity index (χ2v) is 6.48. The van der Waals surface area contributed by atoms with E-state index in [0.717, 1.165) is 31.6 Å². The second kappa shape index (κ2) is 12.7. The van der Waals surface area contributed by atoms with Gasteiger partial charge in [-0.05, 0) is 38.3 Å². The van der Waals surface area contributed by atoms with Crippen LogP contribution in [0.4, 0.5) is 5.82 Å². The lowest BCUT2D eigenvalue weighted by atomic mass is 10.2. The Morgan fingerprint density at radius 1 is 1.26 bits per heavy atom. The summed E-state index contributed by atoms with van der Waals surface area (Å²) < 4.78 is 0. The van der Waals surface area contributed by atoms with Gasteiger partial charge in [0.15, 0.2) is 0 Å². The highest BCUT2D eigenvalue weighted by Gasteiger charge is 2.18. The molecular formula is C19H30N4O4. The number of nitrogens with zero attached hydrogens (tertiary/aromatic N) is 2. The van der Waals surface area contributed by atoms with E-state index in [1.165, 1.54) is 4.90 Å². The first kappa shape index (κ1) is 22.4. The highest BCUT2D eigenvalue weighted by Crippen LogP contribution is 2.05. The van der Waals surface area contributed by atoms with Crippen LogP contribution in [0.5, 0.6) is 0 Å². The first-order valence-corrected chi connectivity index (χ1v) is 9.36. The van der Waals surface area contributed by atoms with E-state index < -0.39 is 12.0 Å². The summed E-state index contributed by atoms with van der Waals surface area (Å²) in [5.74, 6) is -0.551. The Labute approximate surface area is 160 Å². The van der Waals surface area contributed by atoms with Crippen LogP contribution in [0.25, 0.3) is 0 Å². The minimum absolute atomic E-state index is 0.0389. The molecule has 1 rings (SSSR count). The molecule has 3 N–H and O–H groups in total. The van der Waals surface area contributed by atoms with Crippen LogP contribution in [-0.2, 0) is 14.4 Å². The van der Waals surface area contributed by atoms with Crippen molar-refractivity contribution in [2.75, 3.05) is 25.0 Å². The van der Waals surface area contributed by atoms with Crippen LogP contribution in [0, 0.1) is 0 Å². The molecule has 1 aromatic heterocycles. The highest BCUT2D eigenvalue weighted by molar-refractivity contribution is 5.85. The standard InChI is InChI=1S/C19H30N4O4/c1-3-12-23(14-17(24)22-15(2)13-19(26)27)18(25)9-5-7-11-21-16-8-4-6-10-20-16/h4,6,8,10,15H,3,5,7,9,11-14H2,1-2H3,(H,20,21)(H,22,24)(H,26,27)/t15-/m0/s1. The van der Waals surface area contributed by atoms with Crippen LogP contribution in [0.3, 0.4) is 0 Å². The molecule has 0 radical (unpaired) electrons. The summed E-state index contributed by atoms with van der Waals surface area (Å²) in [4.78, 5) is 40.8. The van der Waals surface area contributed by atoms with Crippen molar-refractivity contribution in [3.63, 3.8) is 0 Å². The maximum Gasteiger partial charge on any atom is 0.305 e. The summed E-state index contributed by atoms with van der Waals surface area (Å²) in [5, 5.41) is 14.6. The minimum atomic E-state index is -0.969. The molecule has 0 aliphatic rings. The van der Waals surface area contributed by atoms with E-state index in [2.05, 4.69) is 15.6 Å². The van der Waals surface area contributed by atoms with Crippen molar-refractivity contribution < 1.29 is 19.5 Å². The number of carbonyl (C=O) groups is 3. The summed E-state index contributed by atoms with van der Waals surface area (Å²) in [6, 6.07) is 5.18. The van der Waals surface area contributed by atoms with E-state index in [9.17, 15) is 14.4 Å². The third-order valence-corrected chi connectivity index (χ3v) is 3.86. The van der Waals surface area contributed by atoms with Crippen molar-refractivity contribution in [1.29, 1.82) is 0 Å². The molecule has 1 atom stereocenters. The lowest BCUT2D eigenvalue weighted by molar-refractivity contribution is -0.139. The Morgan fingerprint density at radius 2 is 2.04 bits per heavy atom. The predicted molar refractivity (Wildman–Crippen MR) is 103 cm³/mol. The smallest absolute Gasteiger partial charge is 0.305 e. The van der Waals surface area contributed by atoms with Gasteiger partial charge in [-0.1, -0.05) is 13.0 Å². The molecule has 0 fully saturated rings. The zero-order valence-corrected chi connectivity index (χ0v) is 16.1. The van der Waals surface area contributed by atoms with E-state index in [1.807, 2.05) is 25.1 Å². The molecule has 0 spiro atoms. The zero-order valence-electron chi connectivity index (χ0n) is 16.1. The lowest BCUT2D eigenvalue weighted by Crippen LogP contribution is -2.44. The number of amides is 2. The van der Waals surface area contributed by atoms with Crippen LogP contribution in [0.15, 0.2) is 24.4 Å². The van der Waals surface area contributed by atoms with Gasteiger partial charge in [0.2, 0.25) is 11.8 Å². The van der Waals surface area contributed by atoms with Crippen LogP contribution in [0.2, 0.25) is 0 Å². The van der Waals surface area contributed by atoms with E-state index in [1.54, 1.807) is 13.1 Å². The zero-order chi connectivity index (χ0) is 20.1. The molecule has 0 aliphatic heterocycles. The number of pyridine rings is 1. The molecular weight excluding hydrogens is 348 g/mol. The fourth-order valence-electron chi connectivity index (χ4n) is 2.61. The van der Waals surface area contributed by atoms with Gasteiger partial charge in [-0.3, -0.25) is 14.4 Å². The molecule has 1 aromatic rings. The Hall–Kier alpha value is -2.64. The number of anilines is 1. The summed E-state index contributed by atoms with van der Waals surface area (Å²) in [6.45, 7) is 4.77. The van der Waals surface area contributed by atoms with Gasteiger partial charge in [0.05, 0.1) is 13.0 Å². The monoisotopic (exact) mass is 378 g/mol. The van der Waals surface area contributed by atoms with Gasteiger partial charge in [-0.15, -0.1) is 0 Å². The number of aliphatic carboxylic acids is 1. The number of carboxylic acid groups (broad SMARTS) is 1. The number of aromatic nitrogens is 1. The minimum Gasteiger partial charge on any atom is -0.481 e. The molecule has 0 aromatic carbocycles. The average Bonchev–Trinajstić information content (AvgIpc) is 2.61. The molecule has 27 heavy (non-hydrogen) atoms. The molecule has 8 heteroatoms. The number of carboxylic acids is 1. The van der Waals surface area contributed by atoms with E-state index in [4.69, 9.17) is 5.11 Å². The number of carbonyl (C=O) groups excluding carboxylic acids is 2. The molecule has 0 unspecified atom stereocenters. The van der Waals surface area contributed by atoms with Crippen molar-refractivity contribution in [2.24, 2.45) is 0 Å². The maximum absolute atomic E-state index is 12.4. The van der Waals surface area contributed by atoms with E-state index >= 15 is 0 Å². The van der Waals surface area contributed by atoms with Crippen LogP contribution in [0.1, 0.15) is 46.0 Å². The van der Waals surface area contributed by atoms with Gasteiger partial charge < -0.3 is 20.6 Å². The summed E-state index contributed by atoms with van der Waals surface area (Å²) >= 11 is 0. The molecule has 0 bridgehead atoms. The number of hydrogen-bond acceptors (Lipinski definition) is 5. The fourth-order valence-corrected chi connectivity index (χ4v) is 2.61. The number of hydrogen-bond donors (Lipinski definition) is 3.